The Morgan fingerprint density at radius 1 is 0.778 bits per heavy atom. The van der Waals surface area contributed by atoms with Gasteiger partial charge in [-0.25, -0.2) is 0 Å². The average molecular weight is 385 g/mol. The predicted octanol–water partition coefficient (Wildman–Crippen LogP) is 7.75. The van der Waals surface area contributed by atoms with Gasteiger partial charge in [0.15, 0.2) is 0 Å². The van der Waals surface area contributed by atoms with Gasteiger partial charge in [-0.2, -0.15) is 0 Å². The monoisotopic (exact) mass is 384 g/mol. The maximum atomic E-state index is 13.7. The molecule has 0 aromatic heterocycles. The van der Waals surface area contributed by atoms with Gasteiger partial charge in [-0.3, -0.25) is 0 Å². The minimum atomic E-state index is -2.37. The first kappa shape index (κ1) is 22.0. The van der Waals surface area contributed by atoms with E-state index in [4.69, 9.17) is 0 Å². The second-order valence-corrected chi connectivity index (χ2v) is 12.1. The molecule has 0 aliphatic carbocycles. The number of benzene rings is 2. The van der Waals surface area contributed by atoms with Crippen molar-refractivity contribution in [3.05, 3.63) is 53.1 Å². The van der Waals surface area contributed by atoms with Gasteiger partial charge in [0.2, 0.25) is 0 Å². The largest absolute Gasteiger partial charge is 0.319 e. The lowest BCUT2D eigenvalue weighted by atomic mass is 9.82. The molecule has 0 unspecified atom stereocenters. The van der Waals surface area contributed by atoms with Crippen LogP contribution in [0.4, 0.5) is 0 Å². The van der Waals surface area contributed by atoms with Crippen LogP contribution in [0.5, 0.6) is 0 Å². The molecule has 2 aromatic carbocycles. The molecule has 0 atom stereocenters. The Morgan fingerprint density at radius 2 is 1.26 bits per heavy atom. The quantitative estimate of drug-likeness (QED) is 0.446. The predicted molar refractivity (Wildman–Crippen MR) is 122 cm³/mol. The molecule has 0 saturated carbocycles. The molecular formula is C25H37OP. The van der Waals surface area contributed by atoms with Crippen molar-refractivity contribution >= 4 is 12.4 Å². The minimum Gasteiger partial charge on any atom is -0.319 e. The fraction of sp³-hybridized carbons (Fsp3) is 0.520. The molecule has 0 aliphatic rings. The molecule has 0 saturated heterocycles. The van der Waals surface area contributed by atoms with Gasteiger partial charge in [0.05, 0.1) is 0 Å². The molecule has 0 amide bonds. The van der Waals surface area contributed by atoms with Crippen LogP contribution >= 0.6 is 7.14 Å². The fourth-order valence-electron chi connectivity index (χ4n) is 3.87. The van der Waals surface area contributed by atoms with E-state index in [-0.39, 0.29) is 0 Å². The first-order chi connectivity index (χ1) is 12.7. The van der Waals surface area contributed by atoms with E-state index in [1.165, 1.54) is 27.8 Å². The van der Waals surface area contributed by atoms with Gasteiger partial charge in [-0.15, -0.1) is 0 Å². The lowest BCUT2D eigenvalue weighted by molar-refractivity contribution is 0.582. The van der Waals surface area contributed by atoms with E-state index >= 15 is 0 Å². The summed E-state index contributed by atoms with van der Waals surface area (Å²) in [5, 5.41) is 1.07. The van der Waals surface area contributed by atoms with Crippen LogP contribution in [0, 0.1) is 0 Å². The van der Waals surface area contributed by atoms with Gasteiger partial charge >= 0.3 is 0 Å². The number of rotatable bonds is 7. The SMILES string of the molecule is CCP(=O)(CC)c1ccccc1-c1c(C(C)C)cc(C(C)C)cc1C(C)C. The molecular weight excluding hydrogens is 347 g/mol. The van der Waals surface area contributed by atoms with Crippen LogP contribution in [0.25, 0.3) is 11.1 Å². The van der Waals surface area contributed by atoms with Crippen molar-refractivity contribution in [2.75, 3.05) is 12.3 Å². The molecule has 0 N–H and O–H groups in total. The Balaban J connectivity index is 2.93. The third kappa shape index (κ3) is 4.40. The third-order valence-corrected chi connectivity index (χ3v) is 9.08. The zero-order chi connectivity index (χ0) is 20.4. The van der Waals surface area contributed by atoms with Crippen molar-refractivity contribution in [3.8, 4) is 11.1 Å². The van der Waals surface area contributed by atoms with Crippen LogP contribution in [-0.2, 0) is 4.57 Å². The van der Waals surface area contributed by atoms with E-state index in [9.17, 15) is 4.57 Å². The number of hydrogen-bond donors (Lipinski definition) is 0. The third-order valence-electron chi connectivity index (χ3n) is 5.77. The molecule has 0 fully saturated rings. The summed E-state index contributed by atoms with van der Waals surface area (Å²) >= 11 is 0. The van der Waals surface area contributed by atoms with Crippen molar-refractivity contribution in [2.24, 2.45) is 0 Å². The number of hydrogen-bond acceptors (Lipinski definition) is 1. The summed E-state index contributed by atoms with van der Waals surface area (Å²) in [7, 11) is -2.37. The topological polar surface area (TPSA) is 17.1 Å². The van der Waals surface area contributed by atoms with Crippen molar-refractivity contribution in [1.29, 1.82) is 0 Å². The zero-order valence-electron chi connectivity index (χ0n) is 18.5. The van der Waals surface area contributed by atoms with Gasteiger partial charge in [-0.1, -0.05) is 91.8 Å². The normalized spacial score (nSPS) is 12.4. The Bertz CT molecular complexity index is 793. The van der Waals surface area contributed by atoms with Crippen LogP contribution in [0.1, 0.15) is 89.8 Å². The molecule has 27 heavy (non-hydrogen) atoms. The van der Waals surface area contributed by atoms with Crippen LogP contribution in [0.15, 0.2) is 36.4 Å². The molecule has 1 nitrogen and oxygen atoms in total. The highest BCUT2D eigenvalue weighted by molar-refractivity contribution is 7.71. The van der Waals surface area contributed by atoms with E-state index in [2.05, 4.69) is 85.7 Å². The molecule has 0 heterocycles. The Labute approximate surface area is 167 Å². The Hall–Kier alpha value is -1.33. The highest BCUT2D eigenvalue weighted by Gasteiger charge is 2.27. The summed E-state index contributed by atoms with van der Waals surface area (Å²) in [6.45, 7) is 17.7. The van der Waals surface area contributed by atoms with E-state index in [1.807, 2.05) is 6.07 Å². The van der Waals surface area contributed by atoms with Crippen LogP contribution in [0.3, 0.4) is 0 Å². The van der Waals surface area contributed by atoms with Gasteiger partial charge in [0.1, 0.15) is 7.14 Å². The maximum Gasteiger partial charge on any atom is 0.115 e. The molecule has 0 aliphatic heterocycles. The lowest BCUT2D eigenvalue weighted by Gasteiger charge is -2.26. The van der Waals surface area contributed by atoms with E-state index in [0.29, 0.717) is 17.8 Å². The molecule has 0 bridgehead atoms. The minimum absolute atomic E-state index is 0.423. The Kier molecular flexibility index (Phi) is 7.14. The van der Waals surface area contributed by atoms with Gasteiger partial charge in [0, 0.05) is 17.6 Å². The van der Waals surface area contributed by atoms with Crippen LogP contribution in [0.2, 0.25) is 0 Å². The summed E-state index contributed by atoms with van der Waals surface area (Å²) in [6.07, 6.45) is 1.44. The summed E-state index contributed by atoms with van der Waals surface area (Å²) in [6, 6.07) is 13.2. The smallest absolute Gasteiger partial charge is 0.115 e. The molecule has 0 radical (unpaired) electrons. The van der Waals surface area contributed by atoms with Crippen molar-refractivity contribution < 1.29 is 4.57 Å². The highest BCUT2D eigenvalue weighted by atomic mass is 31.2. The maximum absolute atomic E-state index is 13.7. The zero-order valence-corrected chi connectivity index (χ0v) is 19.4. The van der Waals surface area contributed by atoms with Gasteiger partial charge in [0.25, 0.3) is 0 Å². The second kappa shape index (κ2) is 8.78. The molecule has 2 heteroatoms. The second-order valence-electron chi connectivity index (χ2n) is 8.58. The molecule has 0 spiro atoms. The van der Waals surface area contributed by atoms with Gasteiger partial charge in [-0.05, 0) is 45.6 Å². The standard InChI is InChI=1S/C25H37OP/c1-9-27(26,10-2)24-14-12-11-13-21(24)25-22(18(5)6)15-20(17(3)4)16-23(25)19(7)8/h11-19H,9-10H2,1-8H3. The molecule has 2 aromatic rings. The highest BCUT2D eigenvalue weighted by Crippen LogP contribution is 2.48. The fourth-order valence-corrected chi connectivity index (χ4v) is 5.98. The first-order valence-electron chi connectivity index (χ1n) is 10.5. The van der Waals surface area contributed by atoms with Crippen molar-refractivity contribution in [1.82, 2.24) is 0 Å². The average Bonchev–Trinajstić information content (AvgIpc) is 2.66. The van der Waals surface area contributed by atoms with Crippen molar-refractivity contribution in [3.63, 3.8) is 0 Å². The molecule has 2 rings (SSSR count). The van der Waals surface area contributed by atoms with Crippen LogP contribution < -0.4 is 5.30 Å². The first-order valence-corrected chi connectivity index (χ1v) is 12.6. The molecule has 148 valence electrons. The van der Waals surface area contributed by atoms with Crippen LogP contribution in [-0.4, -0.2) is 12.3 Å². The Morgan fingerprint density at radius 3 is 1.67 bits per heavy atom. The summed E-state index contributed by atoms with van der Waals surface area (Å²) < 4.78 is 13.7. The van der Waals surface area contributed by atoms with E-state index in [1.54, 1.807) is 0 Å². The summed E-state index contributed by atoms with van der Waals surface area (Å²) in [5.74, 6) is 1.35. The van der Waals surface area contributed by atoms with Gasteiger partial charge < -0.3 is 4.57 Å². The van der Waals surface area contributed by atoms with E-state index < -0.39 is 7.14 Å². The van der Waals surface area contributed by atoms with Crippen molar-refractivity contribution in [2.45, 2.75) is 73.1 Å². The lowest BCUT2D eigenvalue weighted by Crippen LogP contribution is -2.14. The summed E-state index contributed by atoms with van der Waals surface area (Å²) in [4.78, 5) is 0. The summed E-state index contributed by atoms with van der Waals surface area (Å²) in [5.41, 5.74) is 6.68. The van der Waals surface area contributed by atoms with E-state index in [0.717, 1.165) is 17.6 Å².